The maximum Gasteiger partial charge on any atom is 0.320 e. The van der Waals surface area contributed by atoms with Crippen LogP contribution >= 0.6 is 11.3 Å². The van der Waals surface area contributed by atoms with Gasteiger partial charge >= 0.3 is 5.97 Å². The summed E-state index contributed by atoms with van der Waals surface area (Å²) in [5.41, 5.74) is 0.181. The number of aliphatic carboxylic acids is 1. The zero-order valence-electron chi connectivity index (χ0n) is 11.3. The highest BCUT2D eigenvalue weighted by Gasteiger charge is 2.30. The van der Waals surface area contributed by atoms with Gasteiger partial charge in [0.25, 0.3) is 0 Å². The minimum absolute atomic E-state index is 0.181. The van der Waals surface area contributed by atoms with Crippen molar-refractivity contribution in [3.8, 4) is 0 Å². The largest absolute Gasteiger partial charge is 0.480 e. The lowest BCUT2D eigenvalue weighted by Gasteiger charge is -2.20. The van der Waals surface area contributed by atoms with Gasteiger partial charge in [-0.2, -0.15) is 0 Å². The Bertz CT molecular complexity index is 433. The van der Waals surface area contributed by atoms with Crippen molar-refractivity contribution in [1.29, 1.82) is 0 Å². The molecule has 1 aliphatic heterocycles. The first-order chi connectivity index (χ1) is 8.38. The van der Waals surface area contributed by atoms with Crippen LogP contribution in [-0.4, -0.2) is 28.6 Å². The van der Waals surface area contributed by atoms with Crippen molar-refractivity contribution in [3.63, 3.8) is 0 Å². The second kappa shape index (κ2) is 5.02. The van der Waals surface area contributed by atoms with Gasteiger partial charge in [0.1, 0.15) is 6.04 Å². The Kier molecular flexibility index (Phi) is 3.78. The summed E-state index contributed by atoms with van der Waals surface area (Å²) < 4.78 is 0. The minimum Gasteiger partial charge on any atom is -0.480 e. The first kappa shape index (κ1) is 13.6. The van der Waals surface area contributed by atoms with Gasteiger partial charge in [0.15, 0.2) is 0 Å². The van der Waals surface area contributed by atoms with E-state index in [2.05, 4.69) is 37.8 Å². The van der Waals surface area contributed by atoms with Crippen molar-refractivity contribution in [1.82, 2.24) is 4.90 Å². The van der Waals surface area contributed by atoms with Crippen molar-refractivity contribution in [2.24, 2.45) is 0 Å². The van der Waals surface area contributed by atoms with E-state index in [1.165, 1.54) is 9.75 Å². The summed E-state index contributed by atoms with van der Waals surface area (Å²) in [4.78, 5) is 15.8. The van der Waals surface area contributed by atoms with Crippen molar-refractivity contribution < 1.29 is 9.90 Å². The van der Waals surface area contributed by atoms with E-state index in [1.54, 1.807) is 11.3 Å². The molecule has 100 valence electrons. The molecule has 0 spiro atoms. The Morgan fingerprint density at radius 2 is 2.22 bits per heavy atom. The van der Waals surface area contributed by atoms with Crippen LogP contribution in [-0.2, 0) is 16.8 Å². The van der Waals surface area contributed by atoms with Crippen LogP contribution in [0.5, 0.6) is 0 Å². The van der Waals surface area contributed by atoms with Crippen LogP contribution in [0, 0.1) is 0 Å². The van der Waals surface area contributed by atoms with Crippen LogP contribution < -0.4 is 0 Å². The van der Waals surface area contributed by atoms with Gasteiger partial charge in [-0.05, 0) is 36.9 Å². The molecule has 1 saturated heterocycles. The van der Waals surface area contributed by atoms with Crippen LogP contribution in [0.2, 0.25) is 0 Å². The maximum absolute atomic E-state index is 11.1. The summed E-state index contributed by atoms with van der Waals surface area (Å²) in [5.74, 6) is -0.680. The molecule has 2 rings (SSSR count). The molecular weight excluding hydrogens is 246 g/mol. The normalized spacial score (nSPS) is 21.4. The van der Waals surface area contributed by atoms with Gasteiger partial charge in [-0.3, -0.25) is 9.69 Å². The van der Waals surface area contributed by atoms with E-state index in [-0.39, 0.29) is 11.5 Å². The average Bonchev–Trinajstić information content (AvgIpc) is 2.85. The Morgan fingerprint density at radius 1 is 1.50 bits per heavy atom. The molecule has 0 bridgehead atoms. The summed E-state index contributed by atoms with van der Waals surface area (Å²) in [6, 6.07) is 4.03. The Hall–Kier alpha value is -0.870. The lowest BCUT2D eigenvalue weighted by molar-refractivity contribution is -0.142. The summed E-state index contributed by atoms with van der Waals surface area (Å²) in [5, 5.41) is 9.16. The number of rotatable bonds is 3. The molecule has 4 heteroatoms. The van der Waals surface area contributed by atoms with Crippen LogP contribution in [0.25, 0.3) is 0 Å². The van der Waals surface area contributed by atoms with Crippen molar-refractivity contribution >= 4 is 17.3 Å². The molecule has 1 N–H and O–H groups in total. The molecule has 0 radical (unpaired) electrons. The molecule has 0 saturated carbocycles. The molecule has 0 amide bonds. The second-order valence-electron chi connectivity index (χ2n) is 5.98. The number of hydrogen-bond acceptors (Lipinski definition) is 3. The number of carbonyl (C=O) groups is 1. The van der Waals surface area contributed by atoms with Gasteiger partial charge in [0.2, 0.25) is 0 Å². The molecule has 0 aliphatic carbocycles. The molecule has 1 aliphatic rings. The molecule has 1 unspecified atom stereocenters. The molecule has 1 fully saturated rings. The first-order valence-electron chi connectivity index (χ1n) is 6.44. The fourth-order valence-corrected chi connectivity index (χ4v) is 3.45. The number of likely N-dealkylation sites (tertiary alicyclic amines) is 1. The Balaban J connectivity index is 2.05. The molecule has 18 heavy (non-hydrogen) atoms. The molecular formula is C14H21NO2S. The van der Waals surface area contributed by atoms with E-state index in [1.807, 2.05) is 0 Å². The minimum atomic E-state index is -0.680. The van der Waals surface area contributed by atoms with Gasteiger partial charge in [0.05, 0.1) is 0 Å². The van der Waals surface area contributed by atoms with Crippen LogP contribution in [0.1, 0.15) is 43.4 Å². The summed E-state index contributed by atoms with van der Waals surface area (Å²) in [6.45, 7) is 8.30. The molecule has 2 heterocycles. The summed E-state index contributed by atoms with van der Waals surface area (Å²) in [7, 11) is 0. The third-order valence-corrected chi connectivity index (χ3v) is 4.90. The molecule has 1 atom stereocenters. The molecule has 0 aromatic carbocycles. The topological polar surface area (TPSA) is 40.5 Å². The van der Waals surface area contributed by atoms with Gasteiger partial charge in [-0.15, -0.1) is 11.3 Å². The van der Waals surface area contributed by atoms with Gasteiger partial charge < -0.3 is 5.11 Å². The highest BCUT2D eigenvalue weighted by Crippen LogP contribution is 2.31. The van der Waals surface area contributed by atoms with Crippen LogP contribution in [0.15, 0.2) is 12.1 Å². The Labute approximate surface area is 112 Å². The number of carboxylic acids is 1. The lowest BCUT2D eigenvalue weighted by Crippen LogP contribution is -2.35. The predicted octanol–water partition coefficient (Wildman–Crippen LogP) is 3.09. The first-order valence-corrected chi connectivity index (χ1v) is 7.25. The molecule has 1 aromatic heterocycles. The summed E-state index contributed by atoms with van der Waals surface area (Å²) >= 11 is 1.81. The van der Waals surface area contributed by atoms with Crippen molar-refractivity contribution in [3.05, 3.63) is 21.9 Å². The van der Waals surface area contributed by atoms with E-state index < -0.39 is 5.97 Å². The number of hydrogen-bond donors (Lipinski definition) is 1. The van der Waals surface area contributed by atoms with Gasteiger partial charge in [-0.25, -0.2) is 0 Å². The quantitative estimate of drug-likeness (QED) is 0.915. The monoisotopic (exact) mass is 267 g/mol. The van der Waals surface area contributed by atoms with E-state index >= 15 is 0 Å². The lowest BCUT2D eigenvalue weighted by atomic mass is 9.95. The highest BCUT2D eigenvalue weighted by atomic mass is 32.1. The van der Waals surface area contributed by atoms with Gasteiger partial charge in [-0.1, -0.05) is 20.8 Å². The second-order valence-corrected chi connectivity index (χ2v) is 7.15. The molecule has 1 aromatic rings. The average molecular weight is 267 g/mol. The third-order valence-electron chi connectivity index (χ3n) is 3.41. The van der Waals surface area contributed by atoms with Crippen molar-refractivity contribution in [2.45, 2.75) is 51.6 Å². The Morgan fingerprint density at radius 3 is 2.78 bits per heavy atom. The SMILES string of the molecule is CC(C)(C)c1ccc(CN2CCCC2C(=O)O)s1. The smallest absolute Gasteiger partial charge is 0.320 e. The van der Waals surface area contributed by atoms with Crippen molar-refractivity contribution in [2.75, 3.05) is 6.54 Å². The standard InChI is InChI=1S/C14H21NO2S/c1-14(2,3)12-7-6-10(18-12)9-15-8-4-5-11(15)13(16)17/h6-7,11H,4-5,8-9H2,1-3H3,(H,16,17). The maximum atomic E-state index is 11.1. The van der Waals surface area contributed by atoms with Crippen LogP contribution in [0.4, 0.5) is 0 Å². The predicted molar refractivity (Wildman–Crippen MR) is 74.1 cm³/mol. The number of carboxylic acid groups (broad SMARTS) is 1. The van der Waals surface area contributed by atoms with Gasteiger partial charge in [0, 0.05) is 16.3 Å². The fourth-order valence-electron chi connectivity index (χ4n) is 2.36. The fraction of sp³-hybridized carbons (Fsp3) is 0.643. The van der Waals surface area contributed by atoms with E-state index in [9.17, 15) is 4.79 Å². The summed E-state index contributed by atoms with van der Waals surface area (Å²) in [6.07, 6.45) is 1.78. The number of thiophene rings is 1. The zero-order chi connectivity index (χ0) is 13.3. The third kappa shape index (κ3) is 2.93. The van der Waals surface area contributed by atoms with E-state index in [0.717, 1.165) is 25.9 Å². The van der Waals surface area contributed by atoms with E-state index in [0.29, 0.717) is 0 Å². The zero-order valence-corrected chi connectivity index (χ0v) is 12.1. The van der Waals surface area contributed by atoms with E-state index in [4.69, 9.17) is 5.11 Å². The number of nitrogens with zero attached hydrogens (tertiary/aromatic N) is 1. The van der Waals surface area contributed by atoms with Crippen LogP contribution in [0.3, 0.4) is 0 Å². The highest BCUT2D eigenvalue weighted by molar-refractivity contribution is 7.12. The molecule has 3 nitrogen and oxygen atoms in total.